The minimum Gasteiger partial charge on any atom is -0.409 e. The van der Waals surface area contributed by atoms with Crippen molar-refractivity contribution < 1.29 is 10.0 Å². The van der Waals surface area contributed by atoms with E-state index in [0.29, 0.717) is 6.42 Å². The van der Waals surface area contributed by atoms with Crippen molar-refractivity contribution in [3.63, 3.8) is 0 Å². The standard InChI is InChI=1S/C11H21N3O2/c1-8(7-10(12)14-16)13-11(15)9-5-3-2-4-6-9/h8-9,16H,2-7H2,1H3,(H2,12,14)(H,13,15). The molecule has 1 rings (SSSR count). The van der Waals surface area contributed by atoms with E-state index in [2.05, 4.69) is 10.5 Å². The van der Waals surface area contributed by atoms with Crippen LogP contribution in [0, 0.1) is 5.92 Å². The zero-order valence-corrected chi connectivity index (χ0v) is 9.78. The fourth-order valence-corrected chi connectivity index (χ4v) is 2.13. The lowest BCUT2D eigenvalue weighted by molar-refractivity contribution is -0.126. The fourth-order valence-electron chi connectivity index (χ4n) is 2.13. The Morgan fingerprint density at radius 1 is 1.50 bits per heavy atom. The highest BCUT2D eigenvalue weighted by atomic mass is 16.4. The molecule has 5 heteroatoms. The molecule has 0 saturated heterocycles. The summed E-state index contributed by atoms with van der Waals surface area (Å²) >= 11 is 0. The van der Waals surface area contributed by atoms with Crippen LogP contribution >= 0.6 is 0 Å². The molecule has 0 aromatic heterocycles. The van der Waals surface area contributed by atoms with Gasteiger partial charge in [-0.25, -0.2) is 0 Å². The van der Waals surface area contributed by atoms with Gasteiger partial charge < -0.3 is 16.3 Å². The summed E-state index contributed by atoms with van der Waals surface area (Å²) in [6.45, 7) is 1.86. The molecule has 1 saturated carbocycles. The number of nitrogens with zero attached hydrogens (tertiary/aromatic N) is 1. The van der Waals surface area contributed by atoms with Crippen LogP contribution < -0.4 is 11.1 Å². The van der Waals surface area contributed by atoms with E-state index in [0.717, 1.165) is 25.7 Å². The second kappa shape index (κ2) is 6.35. The summed E-state index contributed by atoms with van der Waals surface area (Å²) in [5.74, 6) is 0.415. The van der Waals surface area contributed by atoms with Crippen molar-refractivity contribution in [2.45, 2.75) is 51.5 Å². The molecule has 1 fully saturated rings. The summed E-state index contributed by atoms with van der Waals surface area (Å²) in [7, 11) is 0. The molecule has 16 heavy (non-hydrogen) atoms. The molecule has 0 bridgehead atoms. The van der Waals surface area contributed by atoms with Crippen molar-refractivity contribution in [1.82, 2.24) is 5.32 Å². The summed E-state index contributed by atoms with van der Waals surface area (Å²) in [5, 5.41) is 14.2. The normalized spacial score (nSPS) is 20.4. The molecule has 5 nitrogen and oxygen atoms in total. The van der Waals surface area contributed by atoms with Crippen molar-refractivity contribution >= 4 is 11.7 Å². The third kappa shape index (κ3) is 4.08. The molecular weight excluding hydrogens is 206 g/mol. The quantitative estimate of drug-likeness (QED) is 0.292. The first-order valence-corrected chi connectivity index (χ1v) is 5.90. The van der Waals surface area contributed by atoms with Gasteiger partial charge in [-0.15, -0.1) is 0 Å². The molecule has 0 aromatic carbocycles. The minimum absolute atomic E-state index is 0.0784. The maximum atomic E-state index is 11.8. The topological polar surface area (TPSA) is 87.7 Å². The van der Waals surface area contributed by atoms with Crippen molar-refractivity contribution in [3.05, 3.63) is 0 Å². The third-order valence-electron chi connectivity index (χ3n) is 3.01. The van der Waals surface area contributed by atoms with E-state index in [1.807, 2.05) is 6.92 Å². The maximum absolute atomic E-state index is 11.8. The van der Waals surface area contributed by atoms with Gasteiger partial charge in [0.05, 0.1) is 0 Å². The van der Waals surface area contributed by atoms with E-state index in [9.17, 15) is 4.79 Å². The Balaban J connectivity index is 2.32. The van der Waals surface area contributed by atoms with Crippen molar-refractivity contribution in [1.29, 1.82) is 0 Å². The van der Waals surface area contributed by atoms with Crippen molar-refractivity contribution in [3.8, 4) is 0 Å². The van der Waals surface area contributed by atoms with Gasteiger partial charge in [-0.1, -0.05) is 24.4 Å². The first-order valence-electron chi connectivity index (χ1n) is 5.90. The summed E-state index contributed by atoms with van der Waals surface area (Å²) in [6, 6.07) is -0.0784. The molecule has 4 N–H and O–H groups in total. The van der Waals surface area contributed by atoms with E-state index in [-0.39, 0.29) is 23.7 Å². The average molecular weight is 227 g/mol. The minimum atomic E-state index is -0.0784. The maximum Gasteiger partial charge on any atom is 0.223 e. The predicted molar refractivity (Wildman–Crippen MR) is 62.2 cm³/mol. The highest BCUT2D eigenvalue weighted by molar-refractivity contribution is 5.82. The monoisotopic (exact) mass is 227 g/mol. The fraction of sp³-hybridized carbons (Fsp3) is 0.818. The number of nitrogens with two attached hydrogens (primary N) is 1. The van der Waals surface area contributed by atoms with Gasteiger partial charge in [-0.2, -0.15) is 0 Å². The molecule has 1 atom stereocenters. The number of hydrogen-bond donors (Lipinski definition) is 3. The van der Waals surface area contributed by atoms with Crippen LogP contribution in [0.15, 0.2) is 5.16 Å². The molecule has 92 valence electrons. The molecule has 1 aliphatic rings. The Bertz CT molecular complexity index is 260. The number of nitrogens with one attached hydrogen (secondary N) is 1. The van der Waals surface area contributed by atoms with Gasteiger partial charge in [0.1, 0.15) is 5.84 Å². The summed E-state index contributed by atoms with van der Waals surface area (Å²) < 4.78 is 0. The van der Waals surface area contributed by atoms with E-state index in [4.69, 9.17) is 10.9 Å². The Hall–Kier alpha value is -1.26. The number of carbonyl (C=O) groups is 1. The number of amides is 1. The van der Waals surface area contributed by atoms with Crippen LogP contribution in [0.4, 0.5) is 0 Å². The number of hydrogen-bond acceptors (Lipinski definition) is 3. The second-order valence-electron chi connectivity index (χ2n) is 4.54. The van der Waals surface area contributed by atoms with Crippen LogP contribution in [0.2, 0.25) is 0 Å². The van der Waals surface area contributed by atoms with Crippen molar-refractivity contribution in [2.24, 2.45) is 16.8 Å². The first-order chi connectivity index (χ1) is 7.63. The van der Waals surface area contributed by atoms with Gasteiger partial charge in [0.2, 0.25) is 5.91 Å². The lowest BCUT2D eigenvalue weighted by Crippen LogP contribution is -2.40. The SMILES string of the molecule is CC(CC(N)=NO)NC(=O)C1CCCCC1. The van der Waals surface area contributed by atoms with Crippen LogP contribution in [-0.2, 0) is 4.79 Å². The Morgan fingerprint density at radius 3 is 2.69 bits per heavy atom. The zero-order chi connectivity index (χ0) is 12.0. The van der Waals surface area contributed by atoms with Crippen LogP contribution in [0.25, 0.3) is 0 Å². The number of carbonyl (C=O) groups excluding carboxylic acids is 1. The van der Waals surface area contributed by atoms with Gasteiger partial charge in [0, 0.05) is 18.4 Å². The third-order valence-corrected chi connectivity index (χ3v) is 3.01. The molecule has 0 aromatic rings. The number of amidine groups is 1. The van der Waals surface area contributed by atoms with E-state index in [1.54, 1.807) is 0 Å². The van der Waals surface area contributed by atoms with E-state index in [1.165, 1.54) is 6.42 Å². The highest BCUT2D eigenvalue weighted by Crippen LogP contribution is 2.23. The van der Waals surface area contributed by atoms with Gasteiger partial charge in [0.15, 0.2) is 0 Å². The van der Waals surface area contributed by atoms with Gasteiger partial charge >= 0.3 is 0 Å². The van der Waals surface area contributed by atoms with Gasteiger partial charge in [-0.05, 0) is 19.8 Å². The predicted octanol–water partition coefficient (Wildman–Crippen LogP) is 1.21. The Morgan fingerprint density at radius 2 is 2.12 bits per heavy atom. The first kappa shape index (κ1) is 12.8. The highest BCUT2D eigenvalue weighted by Gasteiger charge is 2.22. The van der Waals surface area contributed by atoms with Gasteiger partial charge in [-0.3, -0.25) is 4.79 Å². The molecular formula is C11H21N3O2. The smallest absolute Gasteiger partial charge is 0.223 e. The number of oxime groups is 1. The molecule has 1 unspecified atom stereocenters. The largest absolute Gasteiger partial charge is 0.409 e. The molecule has 0 aliphatic heterocycles. The summed E-state index contributed by atoms with van der Waals surface area (Å²) in [5.41, 5.74) is 5.38. The van der Waals surface area contributed by atoms with E-state index >= 15 is 0 Å². The Kier molecular flexibility index (Phi) is 5.08. The van der Waals surface area contributed by atoms with E-state index < -0.39 is 0 Å². The van der Waals surface area contributed by atoms with Crippen LogP contribution in [-0.4, -0.2) is 23.0 Å². The lowest BCUT2D eigenvalue weighted by Gasteiger charge is -2.23. The van der Waals surface area contributed by atoms with Crippen LogP contribution in [0.5, 0.6) is 0 Å². The molecule has 1 aliphatic carbocycles. The second-order valence-corrected chi connectivity index (χ2v) is 4.54. The lowest BCUT2D eigenvalue weighted by atomic mass is 9.88. The van der Waals surface area contributed by atoms with Crippen molar-refractivity contribution in [2.75, 3.05) is 0 Å². The molecule has 0 radical (unpaired) electrons. The van der Waals surface area contributed by atoms with Crippen LogP contribution in [0.3, 0.4) is 0 Å². The molecule has 0 spiro atoms. The summed E-state index contributed by atoms with van der Waals surface area (Å²) in [4.78, 5) is 11.8. The van der Waals surface area contributed by atoms with Gasteiger partial charge in [0.25, 0.3) is 0 Å². The summed E-state index contributed by atoms with van der Waals surface area (Å²) in [6.07, 6.45) is 5.89. The Labute approximate surface area is 96.1 Å². The molecule has 1 amide bonds. The zero-order valence-electron chi connectivity index (χ0n) is 9.78. The average Bonchev–Trinajstić information content (AvgIpc) is 2.29. The molecule has 0 heterocycles. The number of rotatable bonds is 4. The van der Waals surface area contributed by atoms with Crippen LogP contribution in [0.1, 0.15) is 45.4 Å².